The van der Waals surface area contributed by atoms with E-state index in [1.54, 1.807) is 12.1 Å². The third-order valence-electron chi connectivity index (χ3n) is 8.46. The van der Waals surface area contributed by atoms with Gasteiger partial charge in [0.15, 0.2) is 11.6 Å². The Hall–Kier alpha value is -4.71. The number of aliphatic imine (C=N–C) groups is 1. The first-order chi connectivity index (χ1) is 21.2. The van der Waals surface area contributed by atoms with Gasteiger partial charge >= 0.3 is 0 Å². The summed E-state index contributed by atoms with van der Waals surface area (Å²) >= 11 is 0. The summed E-state index contributed by atoms with van der Waals surface area (Å²) < 4.78 is 44.7. The van der Waals surface area contributed by atoms with E-state index in [9.17, 15) is 18.4 Å². The molecule has 2 atom stereocenters. The molecule has 1 saturated carbocycles. The molecule has 228 valence electrons. The number of fused-ring (bicyclic) bond motifs is 1. The summed E-state index contributed by atoms with van der Waals surface area (Å²) in [7, 11) is 1.53. The number of aryl methyl sites for hydroxylation is 2. The van der Waals surface area contributed by atoms with Crippen molar-refractivity contribution in [2.75, 3.05) is 25.6 Å². The highest BCUT2D eigenvalue weighted by Gasteiger charge is 2.57. The molecule has 44 heavy (non-hydrogen) atoms. The Balaban J connectivity index is 1.34. The Morgan fingerprint density at radius 1 is 1.20 bits per heavy atom. The van der Waals surface area contributed by atoms with Crippen molar-refractivity contribution < 1.29 is 32.4 Å². The van der Waals surface area contributed by atoms with Crippen LogP contribution in [0.3, 0.4) is 0 Å². The second kappa shape index (κ2) is 11.8. The average molecular weight is 604 g/mol. The fourth-order valence-electron chi connectivity index (χ4n) is 6.00. The lowest BCUT2D eigenvalue weighted by atomic mass is 9.73. The summed E-state index contributed by atoms with van der Waals surface area (Å²) in [5.74, 6) is -4.66. The van der Waals surface area contributed by atoms with Gasteiger partial charge in [-0.2, -0.15) is 5.10 Å². The molecule has 2 aliphatic rings. The van der Waals surface area contributed by atoms with Crippen molar-refractivity contribution >= 4 is 23.7 Å². The fourth-order valence-corrected chi connectivity index (χ4v) is 6.00. The SMILES string of the molecule is COCCc1nocc1C(=O)N=CC(C(=O)Nc1ccc(-c2c(C)n[nH]c2C)cc1)C1c2cc(F)c(F)cc2OCC12CC2. The van der Waals surface area contributed by atoms with E-state index in [4.69, 9.17) is 14.0 Å². The molecular weight excluding hydrogens is 572 g/mol. The molecule has 2 unspecified atom stereocenters. The molecule has 2 amide bonds. The summed E-state index contributed by atoms with van der Waals surface area (Å²) in [6.45, 7) is 4.40. The third kappa shape index (κ3) is 5.52. The van der Waals surface area contributed by atoms with E-state index in [1.165, 1.54) is 19.6 Å². The number of aromatic amines is 1. The smallest absolute Gasteiger partial charge is 0.281 e. The topological polar surface area (TPSA) is 132 Å². The van der Waals surface area contributed by atoms with Crippen LogP contribution in [-0.4, -0.2) is 53.7 Å². The van der Waals surface area contributed by atoms with Gasteiger partial charge in [0.25, 0.3) is 5.91 Å². The molecule has 0 saturated heterocycles. The predicted molar refractivity (Wildman–Crippen MR) is 157 cm³/mol. The number of nitrogens with zero attached hydrogens (tertiary/aromatic N) is 3. The largest absolute Gasteiger partial charge is 0.493 e. The Bertz CT molecular complexity index is 1720. The van der Waals surface area contributed by atoms with Gasteiger partial charge in [0, 0.05) is 59.7 Å². The maximum Gasteiger partial charge on any atom is 0.281 e. The Morgan fingerprint density at radius 3 is 2.64 bits per heavy atom. The number of halogens is 2. The monoisotopic (exact) mass is 603 g/mol. The van der Waals surface area contributed by atoms with Crippen molar-refractivity contribution in [3.05, 3.63) is 82.5 Å². The van der Waals surface area contributed by atoms with Crippen LogP contribution in [0.25, 0.3) is 11.1 Å². The fraction of sp³-hybridized carbons (Fsp3) is 0.344. The number of amides is 2. The molecule has 10 nitrogen and oxygen atoms in total. The van der Waals surface area contributed by atoms with Crippen LogP contribution in [0.2, 0.25) is 0 Å². The van der Waals surface area contributed by atoms with Crippen molar-refractivity contribution in [3.8, 4) is 16.9 Å². The molecule has 12 heteroatoms. The molecule has 4 aromatic rings. The van der Waals surface area contributed by atoms with Gasteiger partial charge in [-0.25, -0.2) is 13.8 Å². The lowest BCUT2D eigenvalue weighted by Crippen LogP contribution is -2.39. The van der Waals surface area contributed by atoms with Crippen LogP contribution in [0.15, 0.2) is 52.2 Å². The number of nitrogens with one attached hydrogen (secondary N) is 2. The van der Waals surface area contributed by atoms with Gasteiger partial charge in [0.05, 0.1) is 30.5 Å². The second-order valence-electron chi connectivity index (χ2n) is 11.3. The summed E-state index contributed by atoms with van der Waals surface area (Å²) in [4.78, 5) is 31.4. The number of aromatic nitrogens is 3. The molecule has 2 N–H and O–H groups in total. The number of carbonyl (C=O) groups excluding carboxylic acids is 2. The molecule has 1 fully saturated rings. The van der Waals surface area contributed by atoms with Gasteiger partial charge in [0.2, 0.25) is 5.91 Å². The van der Waals surface area contributed by atoms with Gasteiger partial charge in [-0.3, -0.25) is 14.7 Å². The number of hydrogen-bond acceptors (Lipinski definition) is 7. The van der Waals surface area contributed by atoms with Crippen LogP contribution in [0.5, 0.6) is 5.75 Å². The normalized spacial score (nSPS) is 17.3. The van der Waals surface area contributed by atoms with E-state index in [1.807, 2.05) is 26.0 Å². The summed E-state index contributed by atoms with van der Waals surface area (Å²) in [6.07, 6.45) is 4.26. The molecule has 2 aromatic heterocycles. The van der Waals surface area contributed by atoms with Gasteiger partial charge in [-0.15, -0.1) is 0 Å². The molecule has 0 bridgehead atoms. The van der Waals surface area contributed by atoms with Crippen molar-refractivity contribution in [2.45, 2.75) is 39.0 Å². The highest BCUT2D eigenvalue weighted by molar-refractivity contribution is 6.07. The first kappa shape index (κ1) is 29.4. The zero-order valence-electron chi connectivity index (χ0n) is 24.4. The van der Waals surface area contributed by atoms with Crippen molar-refractivity contribution in [2.24, 2.45) is 16.3 Å². The third-order valence-corrected chi connectivity index (χ3v) is 8.46. The van der Waals surface area contributed by atoms with E-state index >= 15 is 0 Å². The number of hydrogen-bond donors (Lipinski definition) is 2. The molecule has 0 radical (unpaired) electrons. The summed E-state index contributed by atoms with van der Waals surface area (Å²) in [5, 5.41) is 14.0. The highest BCUT2D eigenvalue weighted by Crippen LogP contribution is 2.62. The van der Waals surface area contributed by atoms with Crippen LogP contribution in [-0.2, 0) is 16.0 Å². The number of methoxy groups -OCH3 is 1. The maximum atomic E-state index is 14.6. The molecule has 1 aliphatic heterocycles. The zero-order valence-corrected chi connectivity index (χ0v) is 24.4. The van der Waals surface area contributed by atoms with Crippen LogP contribution in [0.4, 0.5) is 14.5 Å². The lowest BCUT2D eigenvalue weighted by molar-refractivity contribution is -0.119. The summed E-state index contributed by atoms with van der Waals surface area (Å²) in [5.41, 5.74) is 4.62. The standard InChI is InChI=1S/C32H31F2N5O5/c1-17-28(18(2)38-37-17)19-4-6-20(7-5-19)36-31(41)22(14-35-30(40)23-15-44-39-26(23)8-11-42-3)29-21-12-24(33)25(34)13-27(21)43-16-32(29)9-10-32/h4-7,12-15,22,29H,8-11,16H2,1-3H3,(H,36,41)(H,37,38). The van der Waals surface area contributed by atoms with E-state index in [0.717, 1.165) is 34.6 Å². The summed E-state index contributed by atoms with van der Waals surface area (Å²) in [6, 6.07) is 9.39. The molecule has 2 aromatic carbocycles. The van der Waals surface area contributed by atoms with E-state index in [2.05, 4.69) is 25.7 Å². The number of carbonyl (C=O) groups is 2. The van der Waals surface area contributed by atoms with Crippen LogP contribution in [0.1, 0.15) is 51.8 Å². The van der Waals surface area contributed by atoms with E-state index in [-0.39, 0.29) is 17.9 Å². The highest BCUT2D eigenvalue weighted by atomic mass is 19.2. The molecule has 1 spiro atoms. The maximum absolute atomic E-state index is 14.6. The Morgan fingerprint density at radius 2 is 1.95 bits per heavy atom. The predicted octanol–water partition coefficient (Wildman–Crippen LogP) is 5.57. The van der Waals surface area contributed by atoms with Gasteiger partial charge in [-0.05, 0) is 50.5 Å². The van der Waals surface area contributed by atoms with Crippen molar-refractivity contribution in [1.29, 1.82) is 0 Å². The quantitative estimate of drug-likeness (QED) is 0.239. The number of rotatable bonds is 9. The van der Waals surface area contributed by atoms with Crippen molar-refractivity contribution in [1.82, 2.24) is 15.4 Å². The molecular formula is C32H31F2N5O5. The Labute approximate surface area is 251 Å². The molecule has 6 rings (SSSR count). The first-order valence-corrected chi connectivity index (χ1v) is 14.3. The van der Waals surface area contributed by atoms with Gasteiger partial charge in [-0.1, -0.05) is 17.3 Å². The lowest BCUT2D eigenvalue weighted by Gasteiger charge is -2.37. The minimum atomic E-state index is -1.05. The minimum Gasteiger partial charge on any atom is -0.493 e. The van der Waals surface area contributed by atoms with E-state index in [0.29, 0.717) is 42.8 Å². The minimum absolute atomic E-state index is 0.152. The second-order valence-corrected chi connectivity index (χ2v) is 11.3. The number of ether oxygens (including phenoxy) is 2. The number of benzene rings is 2. The Kier molecular flexibility index (Phi) is 7.85. The van der Waals surface area contributed by atoms with Crippen LogP contribution >= 0.6 is 0 Å². The average Bonchev–Trinajstić information content (AvgIpc) is 3.47. The van der Waals surface area contributed by atoms with Crippen molar-refractivity contribution in [3.63, 3.8) is 0 Å². The first-order valence-electron chi connectivity index (χ1n) is 14.3. The zero-order chi connectivity index (χ0) is 31.0. The van der Waals surface area contributed by atoms with E-state index < -0.39 is 40.7 Å². The number of anilines is 1. The molecule has 3 heterocycles. The molecule has 1 aliphatic carbocycles. The van der Waals surface area contributed by atoms with Crippen LogP contribution < -0.4 is 10.1 Å². The number of H-pyrrole nitrogens is 1. The van der Waals surface area contributed by atoms with Gasteiger partial charge < -0.3 is 19.3 Å². The van der Waals surface area contributed by atoms with Crippen LogP contribution in [0, 0.1) is 36.8 Å². The van der Waals surface area contributed by atoms with Gasteiger partial charge in [0.1, 0.15) is 17.6 Å².